The standard InChI is InChI=1S/C21H14ClN3O2/c22-15-7-4-14(5-8-15)6-9-20-24-19-10-11-23-13-18(19)21(27)25(20)16-2-1-3-17(26)12-16/h1-13,26H/b9-6+. The number of phenolic OH excluding ortho intramolecular Hbond substituents is 1. The highest BCUT2D eigenvalue weighted by molar-refractivity contribution is 6.30. The number of aromatic nitrogens is 3. The predicted octanol–water partition coefficient (Wildman–Crippen LogP) is 4.31. The number of halogens is 1. The minimum Gasteiger partial charge on any atom is -0.508 e. The van der Waals surface area contributed by atoms with Crippen molar-refractivity contribution in [2.75, 3.05) is 0 Å². The Kier molecular flexibility index (Phi) is 4.44. The SMILES string of the molecule is O=c1c2cnccc2nc(/C=C/c2ccc(Cl)cc2)n1-c1cccc(O)c1. The van der Waals surface area contributed by atoms with Crippen LogP contribution in [-0.4, -0.2) is 19.6 Å². The molecule has 0 amide bonds. The minimum atomic E-state index is -0.255. The van der Waals surface area contributed by atoms with Gasteiger partial charge in [0.2, 0.25) is 0 Å². The fourth-order valence-corrected chi connectivity index (χ4v) is 2.91. The van der Waals surface area contributed by atoms with Crippen molar-refractivity contribution in [3.05, 3.63) is 93.8 Å². The van der Waals surface area contributed by atoms with E-state index in [0.29, 0.717) is 27.4 Å². The molecule has 27 heavy (non-hydrogen) atoms. The summed E-state index contributed by atoms with van der Waals surface area (Å²) >= 11 is 5.92. The van der Waals surface area contributed by atoms with Crippen molar-refractivity contribution in [1.29, 1.82) is 0 Å². The van der Waals surface area contributed by atoms with Crippen molar-refractivity contribution in [3.63, 3.8) is 0 Å². The van der Waals surface area contributed by atoms with Gasteiger partial charge in [-0.1, -0.05) is 35.9 Å². The maximum atomic E-state index is 13.1. The van der Waals surface area contributed by atoms with Crippen molar-refractivity contribution in [1.82, 2.24) is 14.5 Å². The molecule has 0 spiro atoms. The lowest BCUT2D eigenvalue weighted by molar-refractivity contribution is 0.475. The molecular weight excluding hydrogens is 362 g/mol. The monoisotopic (exact) mass is 375 g/mol. The van der Waals surface area contributed by atoms with E-state index >= 15 is 0 Å². The van der Waals surface area contributed by atoms with Crippen molar-refractivity contribution in [2.24, 2.45) is 0 Å². The maximum absolute atomic E-state index is 13.1. The van der Waals surface area contributed by atoms with Gasteiger partial charge in [-0.3, -0.25) is 14.3 Å². The normalized spacial score (nSPS) is 11.3. The van der Waals surface area contributed by atoms with Gasteiger partial charge in [0.15, 0.2) is 0 Å². The second-order valence-electron chi connectivity index (χ2n) is 5.91. The average molecular weight is 376 g/mol. The van der Waals surface area contributed by atoms with Gasteiger partial charge in [0.1, 0.15) is 11.6 Å². The van der Waals surface area contributed by atoms with E-state index in [1.807, 2.05) is 18.2 Å². The lowest BCUT2D eigenvalue weighted by Gasteiger charge is -2.11. The van der Waals surface area contributed by atoms with Crippen LogP contribution in [0, 0.1) is 0 Å². The third-order valence-corrected chi connectivity index (χ3v) is 4.33. The number of aromatic hydroxyl groups is 1. The van der Waals surface area contributed by atoms with Gasteiger partial charge >= 0.3 is 0 Å². The number of pyridine rings is 1. The lowest BCUT2D eigenvalue weighted by atomic mass is 10.2. The Hall–Kier alpha value is -3.44. The first-order chi connectivity index (χ1) is 13.1. The van der Waals surface area contributed by atoms with Crippen LogP contribution in [0.4, 0.5) is 0 Å². The first-order valence-electron chi connectivity index (χ1n) is 8.22. The third kappa shape index (κ3) is 3.45. The zero-order valence-electron chi connectivity index (χ0n) is 14.1. The molecule has 0 aliphatic heterocycles. The van der Waals surface area contributed by atoms with E-state index in [-0.39, 0.29) is 11.3 Å². The Morgan fingerprint density at radius 3 is 2.63 bits per heavy atom. The van der Waals surface area contributed by atoms with Crippen molar-refractivity contribution in [3.8, 4) is 11.4 Å². The topological polar surface area (TPSA) is 68.0 Å². The Morgan fingerprint density at radius 1 is 1.04 bits per heavy atom. The van der Waals surface area contributed by atoms with Gasteiger partial charge in [-0.15, -0.1) is 0 Å². The van der Waals surface area contributed by atoms with Crippen LogP contribution in [0.3, 0.4) is 0 Å². The van der Waals surface area contributed by atoms with E-state index < -0.39 is 0 Å². The molecule has 0 saturated heterocycles. The highest BCUT2D eigenvalue weighted by Gasteiger charge is 2.11. The summed E-state index contributed by atoms with van der Waals surface area (Å²) in [7, 11) is 0. The Bertz CT molecular complexity index is 1210. The van der Waals surface area contributed by atoms with Gasteiger partial charge in [0, 0.05) is 23.5 Å². The van der Waals surface area contributed by atoms with Gasteiger partial charge in [0.25, 0.3) is 5.56 Å². The van der Waals surface area contributed by atoms with Crippen molar-refractivity contribution in [2.45, 2.75) is 0 Å². The van der Waals surface area contributed by atoms with E-state index in [2.05, 4.69) is 9.97 Å². The maximum Gasteiger partial charge on any atom is 0.267 e. The lowest BCUT2D eigenvalue weighted by Crippen LogP contribution is -2.22. The summed E-state index contributed by atoms with van der Waals surface area (Å²) in [6, 6.07) is 15.5. The number of hydrogen-bond donors (Lipinski definition) is 1. The Balaban J connectivity index is 1.93. The largest absolute Gasteiger partial charge is 0.508 e. The van der Waals surface area contributed by atoms with Gasteiger partial charge in [-0.2, -0.15) is 0 Å². The molecule has 5 nitrogen and oxygen atoms in total. The van der Waals surface area contributed by atoms with Crippen LogP contribution in [0.1, 0.15) is 11.4 Å². The number of phenols is 1. The molecule has 0 atom stereocenters. The van der Waals surface area contributed by atoms with Crippen LogP contribution in [0.25, 0.3) is 28.7 Å². The highest BCUT2D eigenvalue weighted by atomic mass is 35.5. The Labute approximate surface area is 159 Å². The summed E-state index contributed by atoms with van der Waals surface area (Å²) in [5, 5.41) is 10.9. The summed E-state index contributed by atoms with van der Waals surface area (Å²) < 4.78 is 1.45. The van der Waals surface area contributed by atoms with E-state index in [1.54, 1.807) is 48.7 Å². The van der Waals surface area contributed by atoms with Gasteiger partial charge in [-0.25, -0.2) is 4.98 Å². The zero-order valence-corrected chi connectivity index (χ0v) is 14.8. The molecule has 132 valence electrons. The molecule has 0 saturated carbocycles. The molecule has 0 radical (unpaired) electrons. The van der Waals surface area contributed by atoms with Crippen LogP contribution in [0.15, 0.2) is 71.8 Å². The second-order valence-corrected chi connectivity index (χ2v) is 6.34. The summed E-state index contributed by atoms with van der Waals surface area (Å²) in [4.78, 5) is 21.7. The average Bonchev–Trinajstić information content (AvgIpc) is 2.68. The Morgan fingerprint density at radius 2 is 1.85 bits per heavy atom. The first-order valence-corrected chi connectivity index (χ1v) is 8.59. The third-order valence-electron chi connectivity index (χ3n) is 4.08. The minimum absolute atomic E-state index is 0.0679. The molecule has 2 aromatic heterocycles. The highest BCUT2D eigenvalue weighted by Crippen LogP contribution is 2.19. The van der Waals surface area contributed by atoms with Gasteiger partial charge < -0.3 is 5.11 Å². The molecule has 0 bridgehead atoms. The number of fused-ring (bicyclic) bond motifs is 1. The summed E-state index contributed by atoms with van der Waals surface area (Å²) in [6.45, 7) is 0. The molecular formula is C21H14ClN3O2. The zero-order chi connectivity index (χ0) is 18.8. The molecule has 0 fully saturated rings. The molecule has 1 N–H and O–H groups in total. The van der Waals surface area contributed by atoms with E-state index in [1.165, 1.54) is 16.8 Å². The predicted molar refractivity (Wildman–Crippen MR) is 107 cm³/mol. The van der Waals surface area contributed by atoms with Crippen molar-refractivity contribution < 1.29 is 5.11 Å². The summed E-state index contributed by atoms with van der Waals surface area (Å²) in [6.07, 6.45) is 6.70. The molecule has 4 rings (SSSR count). The molecule has 6 heteroatoms. The van der Waals surface area contributed by atoms with Crippen LogP contribution in [-0.2, 0) is 0 Å². The first kappa shape index (κ1) is 17.0. The molecule has 2 heterocycles. The van der Waals surface area contributed by atoms with Crippen LogP contribution < -0.4 is 5.56 Å². The van der Waals surface area contributed by atoms with Crippen LogP contribution in [0.2, 0.25) is 5.02 Å². The smallest absolute Gasteiger partial charge is 0.267 e. The number of hydrogen-bond acceptors (Lipinski definition) is 4. The molecule has 4 aromatic rings. The molecule has 0 aliphatic carbocycles. The molecule has 0 unspecified atom stereocenters. The van der Waals surface area contributed by atoms with Gasteiger partial charge in [0.05, 0.1) is 16.6 Å². The number of nitrogens with zero attached hydrogens (tertiary/aromatic N) is 3. The van der Waals surface area contributed by atoms with Crippen LogP contribution in [0.5, 0.6) is 5.75 Å². The van der Waals surface area contributed by atoms with Crippen molar-refractivity contribution >= 4 is 34.7 Å². The van der Waals surface area contributed by atoms with Crippen LogP contribution >= 0.6 is 11.6 Å². The fraction of sp³-hybridized carbons (Fsp3) is 0. The van der Waals surface area contributed by atoms with E-state index in [4.69, 9.17) is 11.6 Å². The quantitative estimate of drug-likeness (QED) is 0.579. The second kappa shape index (κ2) is 7.05. The number of benzene rings is 2. The number of rotatable bonds is 3. The molecule has 2 aromatic carbocycles. The van der Waals surface area contributed by atoms with Gasteiger partial charge in [-0.05, 0) is 42.0 Å². The fourth-order valence-electron chi connectivity index (χ4n) is 2.79. The summed E-state index contributed by atoms with van der Waals surface area (Å²) in [5.41, 5.74) is 1.75. The summed E-state index contributed by atoms with van der Waals surface area (Å²) in [5.74, 6) is 0.512. The molecule has 0 aliphatic rings. The van der Waals surface area contributed by atoms with E-state index in [0.717, 1.165) is 5.56 Å². The van der Waals surface area contributed by atoms with E-state index in [9.17, 15) is 9.90 Å².